The number of hydrogen-bond donors (Lipinski definition) is 3. The molecule has 18 heavy (non-hydrogen) atoms. The number of benzene rings is 1. The number of phenols is 1. The van der Waals surface area contributed by atoms with Gasteiger partial charge in [-0.05, 0) is 25.5 Å². The summed E-state index contributed by atoms with van der Waals surface area (Å²) >= 11 is 0. The van der Waals surface area contributed by atoms with Crippen LogP contribution in [0.15, 0.2) is 12.1 Å². The molecule has 0 fully saturated rings. The number of carbonyl (C=O) groups excluding carboxylic acids is 1. The predicted octanol–water partition coefficient (Wildman–Crippen LogP) is 1.31. The molecular weight excluding hydrogens is 232 g/mol. The molecule has 1 amide bonds. The minimum Gasteiger partial charge on any atom is -0.507 e. The first-order chi connectivity index (χ1) is 8.49. The molecule has 0 saturated heterocycles. The zero-order valence-electron chi connectivity index (χ0n) is 11.0. The predicted molar refractivity (Wildman–Crippen MR) is 70.7 cm³/mol. The van der Waals surface area contributed by atoms with Crippen LogP contribution in [0, 0.1) is 13.8 Å². The molecule has 0 saturated carbocycles. The maximum absolute atomic E-state index is 11.8. The van der Waals surface area contributed by atoms with Crippen molar-refractivity contribution in [1.29, 1.82) is 0 Å². The molecule has 5 heteroatoms. The fourth-order valence-corrected chi connectivity index (χ4v) is 1.64. The minimum atomic E-state index is -0.288. The lowest BCUT2D eigenvalue weighted by Crippen LogP contribution is -2.28. The summed E-state index contributed by atoms with van der Waals surface area (Å²) in [4.78, 5) is 11.8. The van der Waals surface area contributed by atoms with Gasteiger partial charge in [0.05, 0.1) is 12.5 Å². The van der Waals surface area contributed by atoms with E-state index in [2.05, 4.69) is 5.32 Å². The Morgan fingerprint density at radius 1 is 1.50 bits per heavy atom. The van der Waals surface area contributed by atoms with Crippen LogP contribution in [0.3, 0.4) is 0 Å². The van der Waals surface area contributed by atoms with Gasteiger partial charge < -0.3 is 20.9 Å². The van der Waals surface area contributed by atoms with Crippen LogP contribution >= 0.6 is 0 Å². The molecule has 1 aromatic carbocycles. The average molecular weight is 252 g/mol. The van der Waals surface area contributed by atoms with E-state index in [9.17, 15) is 9.90 Å². The van der Waals surface area contributed by atoms with Crippen molar-refractivity contribution in [1.82, 2.24) is 0 Å². The van der Waals surface area contributed by atoms with Crippen molar-refractivity contribution >= 4 is 11.6 Å². The van der Waals surface area contributed by atoms with Crippen LogP contribution in [0.25, 0.3) is 0 Å². The monoisotopic (exact) mass is 252 g/mol. The second kappa shape index (κ2) is 6.37. The molecule has 0 aliphatic rings. The molecule has 0 aliphatic heterocycles. The van der Waals surface area contributed by atoms with Gasteiger partial charge >= 0.3 is 0 Å². The summed E-state index contributed by atoms with van der Waals surface area (Å²) in [5.41, 5.74) is 7.50. The highest BCUT2D eigenvalue weighted by molar-refractivity contribution is 5.92. The van der Waals surface area contributed by atoms with Gasteiger partial charge in [0.1, 0.15) is 5.75 Å². The van der Waals surface area contributed by atoms with E-state index in [1.165, 1.54) is 7.11 Å². The van der Waals surface area contributed by atoms with Crippen LogP contribution in [0.2, 0.25) is 0 Å². The largest absolute Gasteiger partial charge is 0.507 e. The van der Waals surface area contributed by atoms with Gasteiger partial charge in [-0.25, -0.2) is 0 Å². The SMILES string of the molecule is COC(CN)CC(=O)Nc1ccc(C)c(O)c1C. The summed E-state index contributed by atoms with van der Waals surface area (Å²) < 4.78 is 5.05. The summed E-state index contributed by atoms with van der Waals surface area (Å²) in [7, 11) is 1.52. The van der Waals surface area contributed by atoms with E-state index >= 15 is 0 Å². The number of anilines is 1. The van der Waals surface area contributed by atoms with E-state index < -0.39 is 0 Å². The number of nitrogens with two attached hydrogens (primary N) is 1. The van der Waals surface area contributed by atoms with Crippen molar-refractivity contribution in [2.24, 2.45) is 5.73 Å². The van der Waals surface area contributed by atoms with E-state index in [-0.39, 0.29) is 24.2 Å². The summed E-state index contributed by atoms with van der Waals surface area (Å²) in [6, 6.07) is 3.53. The van der Waals surface area contributed by atoms with Crippen molar-refractivity contribution < 1.29 is 14.6 Å². The topological polar surface area (TPSA) is 84.6 Å². The number of amides is 1. The first-order valence-corrected chi connectivity index (χ1v) is 5.81. The molecule has 0 spiro atoms. The van der Waals surface area contributed by atoms with E-state index in [1.807, 2.05) is 6.92 Å². The maximum atomic E-state index is 11.8. The summed E-state index contributed by atoms with van der Waals surface area (Å²) in [5.74, 6) is 0.0218. The standard InChI is InChI=1S/C13H20N2O3/c1-8-4-5-11(9(2)13(8)17)15-12(16)6-10(7-14)18-3/h4-5,10,17H,6-7,14H2,1-3H3,(H,15,16). The van der Waals surface area contributed by atoms with Crippen molar-refractivity contribution in [2.75, 3.05) is 19.0 Å². The van der Waals surface area contributed by atoms with Crippen LogP contribution in [-0.2, 0) is 9.53 Å². The van der Waals surface area contributed by atoms with Crippen molar-refractivity contribution in [2.45, 2.75) is 26.4 Å². The van der Waals surface area contributed by atoms with Gasteiger partial charge in [0.25, 0.3) is 0 Å². The zero-order chi connectivity index (χ0) is 13.7. The molecule has 0 radical (unpaired) electrons. The molecule has 100 valence electrons. The average Bonchev–Trinajstić information content (AvgIpc) is 2.36. The zero-order valence-corrected chi connectivity index (χ0v) is 11.0. The van der Waals surface area contributed by atoms with Crippen molar-refractivity contribution in [3.63, 3.8) is 0 Å². The molecule has 1 aromatic rings. The molecule has 1 unspecified atom stereocenters. The second-order valence-electron chi connectivity index (χ2n) is 4.25. The van der Waals surface area contributed by atoms with E-state index in [0.29, 0.717) is 17.8 Å². The van der Waals surface area contributed by atoms with E-state index in [1.54, 1.807) is 19.1 Å². The van der Waals surface area contributed by atoms with Gasteiger partial charge in [-0.15, -0.1) is 0 Å². The Bertz CT molecular complexity index is 428. The summed E-state index contributed by atoms with van der Waals surface area (Å²) in [6.07, 6.45) is -0.0921. The van der Waals surface area contributed by atoms with E-state index in [4.69, 9.17) is 10.5 Å². The highest BCUT2D eigenvalue weighted by atomic mass is 16.5. The minimum absolute atomic E-state index is 0.182. The molecule has 0 bridgehead atoms. The fourth-order valence-electron chi connectivity index (χ4n) is 1.64. The smallest absolute Gasteiger partial charge is 0.227 e. The number of hydrogen-bond acceptors (Lipinski definition) is 4. The summed E-state index contributed by atoms with van der Waals surface area (Å²) in [6.45, 7) is 3.86. The Hall–Kier alpha value is -1.59. The molecule has 0 heterocycles. The van der Waals surface area contributed by atoms with Crippen LogP contribution in [-0.4, -0.2) is 30.8 Å². The van der Waals surface area contributed by atoms with Crippen LogP contribution in [0.1, 0.15) is 17.5 Å². The van der Waals surface area contributed by atoms with Gasteiger partial charge in [-0.2, -0.15) is 0 Å². The number of methoxy groups -OCH3 is 1. The number of nitrogens with one attached hydrogen (secondary N) is 1. The maximum Gasteiger partial charge on any atom is 0.227 e. The number of rotatable bonds is 5. The summed E-state index contributed by atoms with van der Waals surface area (Å²) in [5, 5.41) is 12.5. The second-order valence-corrected chi connectivity index (χ2v) is 4.25. The Morgan fingerprint density at radius 3 is 2.72 bits per heavy atom. The van der Waals surface area contributed by atoms with E-state index in [0.717, 1.165) is 5.56 Å². The third kappa shape index (κ3) is 3.45. The van der Waals surface area contributed by atoms with Gasteiger partial charge in [-0.1, -0.05) is 6.07 Å². The quantitative estimate of drug-likeness (QED) is 0.737. The lowest BCUT2D eigenvalue weighted by molar-refractivity contribution is -0.118. The Morgan fingerprint density at radius 2 is 2.17 bits per heavy atom. The lowest BCUT2D eigenvalue weighted by atomic mass is 10.1. The van der Waals surface area contributed by atoms with Gasteiger partial charge in [0.2, 0.25) is 5.91 Å². The first kappa shape index (κ1) is 14.5. The van der Waals surface area contributed by atoms with Gasteiger partial charge in [0.15, 0.2) is 0 Å². The Kier molecular flexibility index (Phi) is 5.12. The number of aromatic hydroxyl groups is 1. The van der Waals surface area contributed by atoms with Crippen molar-refractivity contribution in [3.8, 4) is 5.75 Å². The molecule has 1 rings (SSSR count). The first-order valence-electron chi connectivity index (χ1n) is 5.81. The van der Waals surface area contributed by atoms with Gasteiger partial charge in [0, 0.05) is 24.9 Å². The van der Waals surface area contributed by atoms with Gasteiger partial charge in [-0.3, -0.25) is 4.79 Å². The highest BCUT2D eigenvalue weighted by Gasteiger charge is 2.13. The molecule has 5 nitrogen and oxygen atoms in total. The number of ether oxygens (including phenoxy) is 1. The van der Waals surface area contributed by atoms with Crippen molar-refractivity contribution in [3.05, 3.63) is 23.3 Å². The van der Waals surface area contributed by atoms with Crippen LogP contribution < -0.4 is 11.1 Å². The molecule has 4 N–H and O–H groups in total. The number of phenolic OH excluding ortho intramolecular Hbond substituents is 1. The number of carbonyl (C=O) groups is 1. The lowest BCUT2D eigenvalue weighted by Gasteiger charge is -2.14. The third-order valence-electron chi connectivity index (χ3n) is 2.92. The highest BCUT2D eigenvalue weighted by Crippen LogP contribution is 2.28. The Balaban J connectivity index is 2.73. The molecule has 0 aliphatic carbocycles. The molecular formula is C13H20N2O3. The molecule has 0 aromatic heterocycles. The van der Waals surface area contributed by atoms with Crippen LogP contribution in [0.4, 0.5) is 5.69 Å². The Labute approximate surface area is 107 Å². The van der Waals surface area contributed by atoms with Crippen LogP contribution in [0.5, 0.6) is 5.75 Å². The fraction of sp³-hybridized carbons (Fsp3) is 0.462. The third-order valence-corrected chi connectivity index (χ3v) is 2.92. The molecule has 1 atom stereocenters. The normalized spacial score (nSPS) is 12.2. The number of aryl methyl sites for hydroxylation is 1.